The van der Waals surface area contributed by atoms with E-state index in [1.807, 2.05) is 36.1 Å². The van der Waals surface area contributed by atoms with E-state index in [2.05, 4.69) is 15.0 Å². The van der Waals surface area contributed by atoms with Gasteiger partial charge in [0.1, 0.15) is 17.3 Å². The summed E-state index contributed by atoms with van der Waals surface area (Å²) in [6.07, 6.45) is -5.08. The van der Waals surface area contributed by atoms with Crippen LogP contribution in [0.15, 0.2) is 40.8 Å². The normalized spacial score (nSPS) is 15.1. The first-order chi connectivity index (χ1) is 14.1. The van der Waals surface area contributed by atoms with E-state index < -0.39 is 12.1 Å². The van der Waals surface area contributed by atoms with E-state index in [1.54, 1.807) is 16.6 Å². The number of H-pyrrole nitrogens is 1. The van der Waals surface area contributed by atoms with Crippen LogP contribution >= 0.6 is 0 Å². The van der Waals surface area contributed by atoms with E-state index in [9.17, 15) is 22.8 Å². The van der Waals surface area contributed by atoms with E-state index in [0.717, 1.165) is 12.1 Å². The number of aliphatic carboxylic acids is 1. The van der Waals surface area contributed by atoms with Gasteiger partial charge in [0.15, 0.2) is 5.82 Å². The van der Waals surface area contributed by atoms with Crippen molar-refractivity contribution < 1.29 is 27.9 Å². The number of likely N-dealkylation sites (N-methyl/N-ethyl adjacent to an activating group) is 1. The van der Waals surface area contributed by atoms with E-state index in [-0.39, 0.29) is 5.56 Å². The maximum absolute atomic E-state index is 12.2. The minimum absolute atomic E-state index is 0.149. The Morgan fingerprint density at radius 3 is 2.57 bits per heavy atom. The van der Waals surface area contributed by atoms with Gasteiger partial charge >= 0.3 is 12.1 Å². The molecule has 1 saturated heterocycles. The van der Waals surface area contributed by atoms with Gasteiger partial charge in [-0.3, -0.25) is 9.69 Å². The molecule has 3 heterocycles. The molecule has 3 aromatic rings. The molecule has 1 aliphatic rings. The number of benzene rings is 1. The Hall–Kier alpha value is -3.63. The molecule has 12 heteroatoms. The zero-order chi connectivity index (χ0) is 22.1. The lowest BCUT2D eigenvalue weighted by molar-refractivity contribution is -0.192. The van der Waals surface area contributed by atoms with Crippen molar-refractivity contribution in [1.29, 1.82) is 0 Å². The summed E-state index contributed by atoms with van der Waals surface area (Å²) in [5.41, 5.74) is 1.74. The summed E-state index contributed by atoms with van der Waals surface area (Å²) in [7, 11) is 1.96. The van der Waals surface area contributed by atoms with Crippen molar-refractivity contribution in [1.82, 2.24) is 19.5 Å². The number of rotatable bonds is 1. The number of aromatic nitrogens is 3. The molecule has 9 nitrogen and oxygen atoms in total. The van der Waals surface area contributed by atoms with E-state index in [0.29, 0.717) is 35.6 Å². The van der Waals surface area contributed by atoms with Gasteiger partial charge in [-0.1, -0.05) is 12.1 Å². The average molecular weight is 423 g/mol. The number of halogens is 3. The SMILES string of the molecule is CN1CCN(c2cc3[nH]c(=O)c4ccccc4n3n2)C(=C=O)C1.O=C(O)C(F)(F)F. The molecule has 1 aromatic carbocycles. The number of alkyl halides is 3. The molecule has 0 aliphatic carbocycles. The van der Waals surface area contributed by atoms with Crippen LogP contribution in [0.1, 0.15) is 0 Å². The van der Waals surface area contributed by atoms with Crippen LogP contribution in [0.4, 0.5) is 19.0 Å². The first-order valence-corrected chi connectivity index (χ1v) is 8.63. The Balaban J connectivity index is 0.000000318. The molecular weight excluding hydrogens is 407 g/mol. The Bertz CT molecular complexity index is 1210. The number of para-hydroxylation sites is 1. The minimum Gasteiger partial charge on any atom is -0.475 e. The fraction of sp³-hybridized carbons (Fsp3) is 0.278. The summed E-state index contributed by atoms with van der Waals surface area (Å²) in [6.45, 7) is 2.03. The highest BCUT2D eigenvalue weighted by atomic mass is 19.4. The summed E-state index contributed by atoms with van der Waals surface area (Å²) in [5.74, 6) is -0.109. The van der Waals surface area contributed by atoms with Gasteiger partial charge < -0.3 is 15.0 Å². The second kappa shape index (κ2) is 8.01. The van der Waals surface area contributed by atoms with Crippen LogP contribution in [0.3, 0.4) is 0 Å². The number of nitrogens with zero attached hydrogens (tertiary/aromatic N) is 4. The molecule has 2 N–H and O–H groups in total. The third-order valence-corrected chi connectivity index (χ3v) is 4.40. The number of nitrogens with one attached hydrogen (secondary N) is 1. The van der Waals surface area contributed by atoms with Gasteiger partial charge in [0.25, 0.3) is 5.56 Å². The first kappa shape index (κ1) is 21.1. The predicted octanol–water partition coefficient (Wildman–Crippen LogP) is 1.28. The van der Waals surface area contributed by atoms with Gasteiger partial charge in [-0.15, -0.1) is 5.10 Å². The van der Waals surface area contributed by atoms with Crippen LogP contribution < -0.4 is 10.5 Å². The molecule has 158 valence electrons. The van der Waals surface area contributed by atoms with Gasteiger partial charge in [0.2, 0.25) is 0 Å². The molecule has 1 aliphatic heterocycles. The smallest absolute Gasteiger partial charge is 0.475 e. The lowest BCUT2D eigenvalue weighted by Gasteiger charge is -2.32. The molecule has 0 atom stereocenters. The molecule has 0 radical (unpaired) electrons. The number of anilines is 1. The highest BCUT2D eigenvalue weighted by Gasteiger charge is 2.38. The standard InChI is InChI=1S/C16H15N5O2.C2HF3O2/c1-19-6-7-20(11(9-19)10-22)15-8-14-17-16(23)12-4-2-3-5-13(12)21(14)18-15;3-2(4,5)1(6)7/h2-5,8H,6-7,9H2,1H3,(H,17,23);(H,6,7). The monoisotopic (exact) mass is 423 g/mol. The number of piperazine rings is 1. The number of carboxylic acids is 1. The molecule has 0 unspecified atom stereocenters. The fourth-order valence-corrected chi connectivity index (χ4v) is 2.97. The maximum atomic E-state index is 12.2. The molecular formula is C18H16F3N5O4. The molecule has 0 amide bonds. The third-order valence-electron chi connectivity index (χ3n) is 4.40. The maximum Gasteiger partial charge on any atom is 0.490 e. The average Bonchev–Trinajstić information content (AvgIpc) is 3.11. The Morgan fingerprint density at radius 1 is 1.27 bits per heavy atom. The van der Waals surface area contributed by atoms with Crippen molar-refractivity contribution in [2.24, 2.45) is 0 Å². The molecule has 0 spiro atoms. The van der Waals surface area contributed by atoms with Gasteiger partial charge in [-0.05, 0) is 19.2 Å². The van der Waals surface area contributed by atoms with Crippen molar-refractivity contribution in [3.63, 3.8) is 0 Å². The number of carboxylic acid groups (broad SMARTS) is 1. The van der Waals surface area contributed by atoms with E-state index in [4.69, 9.17) is 9.90 Å². The fourth-order valence-electron chi connectivity index (χ4n) is 2.97. The minimum atomic E-state index is -5.08. The molecule has 0 bridgehead atoms. The quantitative estimate of drug-likeness (QED) is 0.567. The van der Waals surface area contributed by atoms with Crippen molar-refractivity contribution in [2.45, 2.75) is 6.18 Å². The highest BCUT2D eigenvalue weighted by Crippen LogP contribution is 2.22. The Labute approximate surface area is 166 Å². The summed E-state index contributed by atoms with van der Waals surface area (Å²) in [4.78, 5) is 39.0. The summed E-state index contributed by atoms with van der Waals surface area (Å²) in [6, 6.07) is 9.10. The van der Waals surface area contributed by atoms with Crippen molar-refractivity contribution in [2.75, 3.05) is 31.6 Å². The Morgan fingerprint density at radius 2 is 1.93 bits per heavy atom. The van der Waals surface area contributed by atoms with Crippen LogP contribution in [0.25, 0.3) is 16.6 Å². The summed E-state index contributed by atoms with van der Waals surface area (Å²) < 4.78 is 33.4. The predicted molar refractivity (Wildman–Crippen MR) is 101 cm³/mol. The molecule has 4 rings (SSSR count). The van der Waals surface area contributed by atoms with Gasteiger partial charge in [0.05, 0.1) is 10.9 Å². The van der Waals surface area contributed by atoms with Crippen molar-refractivity contribution >= 4 is 34.3 Å². The molecule has 1 fully saturated rings. The summed E-state index contributed by atoms with van der Waals surface area (Å²) >= 11 is 0. The number of fused-ring (bicyclic) bond motifs is 3. The van der Waals surface area contributed by atoms with E-state index in [1.165, 1.54) is 0 Å². The van der Waals surface area contributed by atoms with E-state index >= 15 is 0 Å². The number of carbonyl (C=O) groups is 1. The number of carbonyl (C=O) groups excluding carboxylic acids is 1. The van der Waals surface area contributed by atoms with Gasteiger partial charge in [-0.2, -0.15) is 13.2 Å². The largest absolute Gasteiger partial charge is 0.490 e. The summed E-state index contributed by atoms with van der Waals surface area (Å²) in [5, 5.41) is 12.3. The van der Waals surface area contributed by atoms with Crippen LogP contribution in [0.5, 0.6) is 0 Å². The van der Waals surface area contributed by atoms with Crippen LogP contribution in [0.2, 0.25) is 0 Å². The van der Waals surface area contributed by atoms with Gasteiger partial charge in [0, 0.05) is 25.7 Å². The number of hydrogen-bond acceptors (Lipinski definition) is 6. The van der Waals surface area contributed by atoms with Crippen LogP contribution in [-0.2, 0) is 9.59 Å². The molecule has 2 aromatic heterocycles. The van der Waals surface area contributed by atoms with Crippen LogP contribution in [-0.4, -0.2) is 69.4 Å². The third kappa shape index (κ3) is 4.19. The topological polar surface area (TPSA) is 111 Å². The second-order valence-corrected chi connectivity index (χ2v) is 6.51. The lowest BCUT2D eigenvalue weighted by atomic mass is 10.2. The Kier molecular flexibility index (Phi) is 5.63. The number of hydrogen-bond donors (Lipinski definition) is 2. The van der Waals surface area contributed by atoms with Crippen LogP contribution in [0, 0.1) is 0 Å². The first-order valence-electron chi connectivity index (χ1n) is 8.63. The van der Waals surface area contributed by atoms with Crippen molar-refractivity contribution in [3.05, 3.63) is 46.4 Å². The van der Waals surface area contributed by atoms with Gasteiger partial charge in [-0.25, -0.2) is 14.1 Å². The zero-order valence-corrected chi connectivity index (χ0v) is 15.6. The molecule has 30 heavy (non-hydrogen) atoms. The second-order valence-electron chi connectivity index (χ2n) is 6.51. The molecule has 0 saturated carbocycles. The van der Waals surface area contributed by atoms with Crippen molar-refractivity contribution in [3.8, 4) is 0 Å². The lowest BCUT2D eigenvalue weighted by Crippen LogP contribution is -2.43. The highest BCUT2D eigenvalue weighted by molar-refractivity contribution is 5.81. The number of aromatic amines is 1. The zero-order valence-electron chi connectivity index (χ0n) is 15.6.